The van der Waals surface area contributed by atoms with Crippen LogP contribution in [-0.4, -0.2) is 24.5 Å². The summed E-state index contributed by atoms with van der Waals surface area (Å²) < 4.78 is 0. The maximum absolute atomic E-state index is 2.56. The Kier molecular flexibility index (Phi) is 1.48. The monoisotopic (exact) mass is 139 g/mol. The highest BCUT2D eigenvalue weighted by Crippen LogP contribution is 2.37. The molecule has 2 bridgehead atoms. The lowest BCUT2D eigenvalue weighted by Crippen LogP contribution is -2.30. The Hall–Kier alpha value is -0.0400. The Morgan fingerprint density at radius 2 is 2.10 bits per heavy atom. The van der Waals surface area contributed by atoms with E-state index in [9.17, 15) is 0 Å². The third kappa shape index (κ3) is 0.878. The van der Waals surface area contributed by atoms with Crippen LogP contribution in [0.2, 0.25) is 0 Å². The van der Waals surface area contributed by atoms with Crippen LogP contribution in [0.25, 0.3) is 0 Å². The zero-order chi connectivity index (χ0) is 7.14. The van der Waals surface area contributed by atoms with Gasteiger partial charge in [-0.05, 0) is 38.1 Å². The third-order valence-corrected chi connectivity index (χ3v) is 3.37. The zero-order valence-corrected chi connectivity index (χ0v) is 7.01. The van der Waals surface area contributed by atoms with Gasteiger partial charge in [0.25, 0.3) is 0 Å². The lowest BCUT2D eigenvalue weighted by molar-refractivity contribution is 0.225. The molecule has 0 N–H and O–H groups in total. The van der Waals surface area contributed by atoms with Crippen molar-refractivity contribution in [3.63, 3.8) is 0 Å². The fraction of sp³-hybridized carbons (Fsp3) is 1.00. The molecule has 0 radical (unpaired) electrons. The van der Waals surface area contributed by atoms with E-state index in [-0.39, 0.29) is 0 Å². The van der Waals surface area contributed by atoms with E-state index < -0.39 is 0 Å². The predicted octanol–water partition coefficient (Wildman–Crippen LogP) is 1.74. The van der Waals surface area contributed by atoms with Crippen molar-refractivity contribution in [2.45, 2.75) is 32.2 Å². The van der Waals surface area contributed by atoms with E-state index in [0.29, 0.717) is 0 Å². The molecule has 0 aromatic heterocycles. The van der Waals surface area contributed by atoms with Crippen LogP contribution >= 0.6 is 0 Å². The van der Waals surface area contributed by atoms with Crippen molar-refractivity contribution >= 4 is 0 Å². The minimum Gasteiger partial charge on any atom is -0.303 e. The van der Waals surface area contributed by atoms with Crippen LogP contribution in [0.15, 0.2) is 0 Å². The normalized spacial score (nSPS) is 48.0. The summed E-state index contributed by atoms with van der Waals surface area (Å²) in [5.41, 5.74) is 0. The van der Waals surface area contributed by atoms with Gasteiger partial charge in [0.05, 0.1) is 0 Å². The van der Waals surface area contributed by atoms with Crippen molar-refractivity contribution in [1.29, 1.82) is 0 Å². The molecule has 58 valence electrons. The summed E-state index contributed by atoms with van der Waals surface area (Å²) in [5, 5.41) is 0. The van der Waals surface area contributed by atoms with Crippen LogP contribution < -0.4 is 0 Å². The van der Waals surface area contributed by atoms with Crippen molar-refractivity contribution in [1.82, 2.24) is 4.90 Å². The van der Waals surface area contributed by atoms with Gasteiger partial charge in [0.2, 0.25) is 0 Å². The van der Waals surface area contributed by atoms with Gasteiger partial charge in [-0.3, -0.25) is 0 Å². The maximum Gasteiger partial charge on any atom is 0.0121 e. The first kappa shape index (κ1) is 6.66. The number of fused-ring (bicyclic) bond motifs is 2. The molecule has 2 fully saturated rings. The van der Waals surface area contributed by atoms with E-state index >= 15 is 0 Å². The number of hydrogen-bond acceptors (Lipinski definition) is 1. The number of rotatable bonds is 0. The van der Waals surface area contributed by atoms with Crippen LogP contribution in [0.5, 0.6) is 0 Å². The van der Waals surface area contributed by atoms with Gasteiger partial charge in [-0.15, -0.1) is 0 Å². The predicted molar refractivity (Wildman–Crippen MR) is 42.9 cm³/mol. The molecule has 2 rings (SSSR count). The van der Waals surface area contributed by atoms with Crippen molar-refractivity contribution in [3.8, 4) is 0 Å². The van der Waals surface area contributed by atoms with Crippen LogP contribution in [0.4, 0.5) is 0 Å². The van der Waals surface area contributed by atoms with Crippen LogP contribution in [0.1, 0.15) is 26.2 Å². The minimum absolute atomic E-state index is 0.929. The first-order valence-corrected chi connectivity index (χ1v) is 4.47. The topological polar surface area (TPSA) is 3.24 Å². The molecule has 10 heavy (non-hydrogen) atoms. The molecule has 3 unspecified atom stereocenters. The highest BCUT2D eigenvalue weighted by Gasteiger charge is 2.36. The molecule has 1 saturated heterocycles. The van der Waals surface area contributed by atoms with Crippen LogP contribution in [0, 0.1) is 11.8 Å². The molecule has 1 nitrogen and oxygen atoms in total. The smallest absolute Gasteiger partial charge is 0.0121 e. The van der Waals surface area contributed by atoms with Gasteiger partial charge >= 0.3 is 0 Å². The quantitative estimate of drug-likeness (QED) is 0.494. The molecule has 0 spiro atoms. The van der Waals surface area contributed by atoms with Gasteiger partial charge in [-0.1, -0.05) is 6.92 Å². The summed E-state index contributed by atoms with van der Waals surface area (Å²) in [5.74, 6) is 2.01. The van der Waals surface area contributed by atoms with Gasteiger partial charge in [0, 0.05) is 12.6 Å². The second-order valence-electron chi connectivity index (χ2n) is 4.16. The van der Waals surface area contributed by atoms with Gasteiger partial charge in [-0.2, -0.15) is 0 Å². The Morgan fingerprint density at radius 3 is 2.80 bits per heavy atom. The summed E-state index contributed by atoms with van der Waals surface area (Å²) >= 11 is 0. The van der Waals surface area contributed by atoms with Crippen LogP contribution in [-0.2, 0) is 0 Å². The van der Waals surface area contributed by atoms with Gasteiger partial charge in [0.1, 0.15) is 0 Å². The third-order valence-electron chi connectivity index (χ3n) is 3.37. The largest absolute Gasteiger partial charge is 0.303 e. The SMILES string of the molecule is CC1CCC2CC1N(C)C2. The Labute approximate surface area is 63.4 Å². The Morgan fingerprint density at radius 1 is 1.30 bits per heavy atom. The van der Waals surface area contributed by atoms with E-state index in [4.69, 9.17) is 0 Å². The molecule has 1 heterocycles. The van der Waals surface area contributed by atoms with E-state index in [1.165, 1.54) is 25.8 Å². The van der Waals surface area contributed by atoms with E-state index in [2.05, 4.69) is 18.9 Å². The van der Waals surface area contributed by atoms with Crippen molar-refractivity contribution < 1.29 is 0 Å². The highest BCUT2D eigenvalue weighted by molar-refractivity contribution is 4.90. The standard InChI is InChI=1S/C9H17N/c1-7-3-4-8-5-9(7)10(2)6-8/h7-9H,3-6H2,1-2H3. The number of hydrogen-bond donors (Lipinski definition) is 0. The van der Waals surface area contributed by atoms with Gasteiger partial charge in [0.15, 0.2) is 0 Å². The number of likely N-dealkylation sites (tertiary alicyclic amines) is 1. The average Bonchev–Trinajstić information content (AvgIpc) is 2.21. The lowest BCUT2D eigenvalue weighted by atomic mass is 9.83. The maximum atomic E-state index is 2.56. The summed E-state index contributed by atoms with van der Waals surface area (Å²) in [6.45, 7) is 3.78. The zero-order valence-electron chi connectivity index (χ0n) is 7.01. The molecule has 1 saturated carbocycles. The molecule has 0 aromatic carbocycles. The average molecular weight is 139 g/mol. The molecule has 0 aromatic rings. The molecule has 3 atom stereocenters. The van der Waals surface area contributed by atoms with Crippen molar-refractivity contribution in [2.75, 3.05) is 13.6 Å². The second kappa shape index (κ2) is 2.23. The lowest BCUT2D eigenvalue weighted by Gasteiger charge is -2.27. The minimum atomic E-state index is 0.929. The van der Waals surface area contributed by atoms with Gasteiger partial charge < -0.3 is 4.90 Å². The Balaban J connectivity index is 2.10. The summed E-state index contributed by atoms with van der Waals surface area (Å²) in [7, 11) is 2.28. The van der Waals surface area contributed by atoms with E-state index in [1.807, 2.05) is 0 Å². The van der Waals surface area contributed by atoms with Crippen molar-refractivity contribution in [2.24, 2.45) is 11.8 Å². The van der Waals surface area contributed by atoms with Crippen LogP contribution in [0.3, 0.4) is 0 Å². The molecular formula is C9H17N. The molecular weight excluding hydrogens is 122 g/mol. The Bertz CT molecular complexity index is 129. The van der Waals surface area contributed by atoms with Crippen molar-refractivity contribution in [3.05, 3.63) is 0 Å². The van der Waals surface area contributed by atoms with E-state index in [1.54, 1.807) is 0 Å². The molecule has 1 aliphatic heterocycles. The summed E-state index contributed by atoms with van der Waals surface area (Å²) in [4.78, 5) is 2.56. The second-order valence-corrected chi connectivity index (χ2v) is 4.16. The number of nitrogens with zero attached hydrogens (tertiary/aromatic N) is 1. The molecule has 1 aliphatic carbocycles. The molecule has 0 amide bonds. The molecule has 2 aliphatic rings. The highest BCUT2D eigenvalue weighted by atomic mass is 15.2. The fourth-order valence-corrected chi connectivity index (χ4v) is 2.71. The summed E-state index contributed by atoms with van der Waals surface area (Å²) in [6.07, 6.45) is 4.44. The first-order valence-electron chi connectivity index (χ1n) is 4.47. The van der Waals surface area contributed by atoms with Gasteiger partial charge in [-0.25, -0.2) is 0 Å². The summed E-state index contributed by atoms with van der Waals surface area (Å²) in [6, 6.07) is 0.929. The molecule has 1 heteroatoms. The first-order chi connectivity index (χ1) is 4.77. The van der Waals surface area contributed by atoms with E-state index in [0.717, 1.165) is 17.9 Å². The fourth-order valence-electron chi connectivity index (χ4n) is 2.71.